The molecule has 0 saturated heterocycles. The van der Waals surface area contributed by atoms with Gasteiger partial charge in [0.15, 0.2) is 0 Å². The van der Waals surface area contributed by atoms with Crippen molar-refractivity contribution in [3.63, 3.8) is 0 Å². The van der Waals surface area contributed by atoms with E-state index in [-0.39, 0.29) is 29.6 Å². The molecule has 0 N–H and O–H groups in total. The summed E-state index contributed by atoms with van der Waals surface area (Å²) < 4.78 is 9.62. The Hall–Kier alpha value is 2.66. The molecular formula is H3MoNaOSSb. The Kier molecular flexibility index (Phi) is 14.1. The third kappa shape index (κ3) is 20.5. The summed E-state index contributed by atoms with van der Waals surface area (Å²) in [5.41, 5.74) is -0.471. The van der Waals surface area contributed by atoms with E-state index in [2.05, 4.69) is 0 Å². The van der Waals surface area contributed by atoms with E-state index in [4.69, 9.17) is 0 Å². The zero-order valence-corrected chi connectivity index (χ0v) is 7.92. The molecule has 0 rings (SSSR count). The van der Waals surface area contributed by atoms with Crippen LogP contribution in [-0.2, 0) is 24.1 Å². The average Bonchev–Trinajstić information content (AvgIpc) is 0.811. The number of rotatable bonds is 0. The van der Waals surface area contributed by atoms with Crippen LogP contribution in [-0.4, -0.2) is 55.4 Å². The molecule has 5 heavy (non-hydrogen) atoms. The van der Waals surface area contributed by atoms with E-state index in [1.54, 1.807) is 18.5 Å². The van der Waals surface area contributed by atoms with E-state index in [0.29, 0.717) is 0 Å². The molecule has 1 unspecified atom stereocenters. The van der Waals surface area contributed by atoms with Crippen LogP contribution in [0.3, 0.4) is 0 Å². The van der Waals surface area contributed by atoms with Gasteiger partial charge in [-0.2, -0.15) is 0 Å². The van der Waals surface area contributed by atoms with Crippen molar-refractivity contribution < 1.29 is 22.7 Å². The van der Waals surface area contributed by atoms with Crippen molar-refractivity contribution in [1.29, 1.82) is 0 Å². The Bertz CT molecular complexity index is 34.6. The van der Waals surface area contributed by atoms with Crippen LogP contribution in [0.5, 0.6) is 0 Å². The van der Waals surface area contributed by atoms with Gasteiger partial charge >= 0.3 is 79.5 Å². The number of hydrogen-bond acceptors (Lipinski definition) is 1. The van der Waals surface area contributed by atoms with Gasteiger partial charge in [-0.3, -0.25) is 0 Å². The first kappa shape index (κ1) is 10.6. The summed E-state index contributed by atoms with van der Waals surface area (Å²) in [5, 5.41) is 0. The predicted molar refractivity (Wildman–Crippen MR) is 23.8 cm³/mol. The second kappa shape index (κ2) is 6.66. The fourth-order valence-corrected chi connectivity index (χ4v) is 0. The molecule has 27 valence electrons. The molecular weight excluding hydrogens is 289 g/mol. The van der Waals surface area contributed by atoms with Crippen LogP contribution < -0.4 is 0 Å². The van der Waals surface area contributed by atoms with Crippen molar-refractivity contribution in [2.24, 2.45) is 0 Å². The van der Waals surface area contributed by atoms with Crippen LogP contribution >= 0.6 is 0 Å². The topological polar surface area (TPSA) is 17.1 Å². The quantitative estimate of drug-likeness (QED) is 0.477. The Morgan fingerprint density at radius 3 is 1.80 bits per heavy atom. The molecule has 5 heteroatoms. The molecule has 0 aromatic heterocycles. The van der Waals surface area contributed by atoms with Crippen molar-refractivity contribution in [2.45, 2.75) is 0 Å². The number of hydrogen-bond donors (Lipinski definition) is 0. The first-order chi connectivity index (χ1) is 1.73. The molecule has 0 bridgehead atoms. The molecule has 1 atom stereocenters. The zero-order valence-electron chi connectivity index (χ0n) is 1.80. The predicted octanol–water partition coefficient (Wildman–Crippen LogP) is -1.90. The van der Waals surface area contributed by atoms with Gasteiger partial charge in [-0.25, -0.2) is 0 Å². The van der Waals surface area contributed by atoms with Crippen molar-refractivity contribution in [1.82, 2.24) is 0 Å². The van der Waals surface area contributed by atoms with Crippen molar-refractivity contribution in [3.05, 3.63) is 0 Å². The molecule has 0 fully saturated rings. The summed E-state index contributed by atoms with van der Waals surface area (Å²) in [4.78, 5) is 0. The summed E-state index contributed by atoms with van der Waals surface area (Å²) >= 11 is 2.52. The third-order valence-electron chi connectivity index (χ3n) is 0. The van der Waals surface area contributed by atoms with Gasteiger partial charge in [-0.15, -0.1) is 0 Å². The van der Waals surface area contributed by atoms with Crippen molar-refractivity contribution in [2.75, 3.05) is 0 Å². The first-order valence-corrected chi connectivity index (χ1v) is 8.20. The van der Waals surface area contributed by atoms with E-state index in [0.717, 1.165) is 21.6 Å². The normalized spacial score (nSPS) is 12.2. The van der Waals surface area contributed by atoms with Gasteiger partial charge in [0.25, 0.3) is 0 Å². The van der Waals surface area contributed by atoms with Gasteiger partial charge in [0.1, 0.15) is 0 Å². The maximum absolute atomic E-state index is 9.62. The third-order valence-corrected chi connectivity index (χ3v) is 0. The van der Waals surface area contributed by atoms with Crippen molar-refractivity contribution >= 4 is 56.8 Å². The van der Waals surface area contributed by atoms with Gasteiger partial charge in [0.2, 0.25) is 0 Å². The van der Waals surface area contributed by atoms with Gasteiger partial charge in [-0.1, -0.05) is 0 Å². The maximum atomic E-state index is 9.62. The molecule has 0 amide bonds. The molecule has 0 spiro atoms. The summed E-state index contributed by atoms with van der Waals surface area (Å²) in [6, 6.07) is 0. The fraction of sp³-hybridized carbons (Fsp3) is 0. The van der Waals surface area contributed by atoms with E-state index in [1.807, 2.05) is 0 Å². The monoisotopic (exact) mass is 293 g/mol. The molecule has 0 aromatic rings. The Balaban J connectivity index is 0. The van der Waals surface area contributed by atoms with Gasteiger partial charge in [0, 0.05) is 0 Å². The summed E-state index contributed by atoms with van der Waals surface area (Å²) in [7, 11) is 0. The zero-order chi connectivity index (χ0) is 3.58. The van der Waals surface area contributed by atoms with Gasteiger partial charge in [0.05, 0.1) is 0 Å². The molecule has 0 aliphatic rings. The second-order valence-electron chi connectivity index (χ2n) is 0.260. The summed E-state index contributed by atoms with van der Waals surface area (Å²) in [5.74, 6) is 0. The molecule has 0 aromatic carbocycles. The van der Waals surface area contributed by atoms with E-state index in [1.165, 1.54) is 0 Å². The van der Waals surface area contributed by atoms with Gasteiger partial charge < -0.3 is 0 Å². The van der Waals surface area contributed by atoms with Crippen LogP contribution in [0.1, 0.15) is 0 Å². The summed E-state index contributed by atoms with van der Waals surface area (Å²) in [6.45, 7) is 0. The van der Waals surface area contributed by atoms with Crippen LogP contribution in [0.2, 0.25) is 0 Å². The second-order valence-corrected chi connectivity index (χ2v) is 14.6. The standard InChI is InChI=1S/Mo.Na.OS.Sb.3H/c;;1-2;;;;. The Labute approximate surface area is 77.9 Å². The van der Waals surface area contributed by atoms with Crippen LogP contribution in [0.25, 0.3) is 0 Å². The fourth-order valence-electron chi connectivity index (χ4n) is 0. The summed E-state index contributed by atoms with van der Waals surface area (Å²) in [6.07, 6.45) is 0. The molecule has 1 nitrogen and oxygen atoms in total. The van der Waals surface area contributed by atoms with Crippen LogP contribution in [0.4, 0.5) is 0 Å². The van der Waals surface area contributed by atoms with E-state index >= 15 is 0 Å². The molecule has 0 aliphatic carbocycles. The minimum atomic E-state index is -0.471. The Morgan fingerprint density at radius 2 is 1.80 bits per heavy atom. The SMILES string of the molecule is O=[S]([Mo])[SbH2].[NaH]. The van der Waals surface area contributed by atoms with Gasteiger partial charge in [-0.05, 0) is 0 Å². The average molecular weight is 292 g/mol. The van der Waals surface area contributed by atoms with Crippen LogP contribution in [0.15, 0.2) is 0 Å². The molecule has 0 radical (unpaired) electrons. The van der Waals surface area contributed by atoms with E-state index in [9.17, 15) is 4.21 Å². The first-order valence-electron chi connectivity index (χ1n) is 0.569. The van der Waals surface area contributed by atoms with Crippen molar-refractivity contribution in [3.8, 4) is 0 Å². The Morgan fingerprint density at radius 1 is 1.80 bits per heavy atom. The molecule has 0 saturated carbocycles. The molecule has 0 aliphatic heterocycles. The minimum absolute atomic E-state index is 0. The molecule has 0 heterocycles. The van der Waals surface area contributed by atoms with Crippen LogP contribution in [0, 0.1) is 0 Å². The van der Waals surface area contributed by atoms with E-state index < -0.39 is 5.59 Å².